The third-order valence-electron chi connectivity index (χ3n) is 9.60. The Balaban J connectivity index is 1.05. The van der Waals surface area contributed by atoms with Crippen molar-refractivity contribution in [3.05, 3.63) is 93.4 Å². The van der Waals surface area contributed by atoms with Gasteiger partial charge in [0.25, 0.3) is 5.91 Å². The van der Waals surface area contributed by atoms with Crippen molar-refractivity contribution in [1.29, 1.82) is 0 Å². The zero-order chi connectivity index (χ0) is 36.4. The van der Waals surface area contributed by atoms with Crippen LogP contribution in [0.2, 0.25) is 10.0 Å². The number of methoxy groups -OCH3 is 1. The standard InChI is InChI=1S/C37H40Cl2N10O3/c1-47-20-22(17-42-47)12-15-49-16-13-30-29(21-49)44-35(48(30)2)36(51)45-28-6-4-5-26(32(28)38)34-33(39)25(11-14-41-34)27-9-7-23(37(46-27)52-3)18-40-19-24-8-10-31(50)43-24/h4-7,9,11,14,17,20,24,40H,8,10,12-13,15-16,18-19,21H2,1-3H3,(H,43,50)(H,45,51)/t24-/m0/s1. The van der Waals surface area contributed by atoms with Crippen LogP contribution in [0.25, 0.3) is 22.5 Å². The number of nitrogens with one attached hydrogen (secondary N) is 3. The lowest BCUT2D eigenvalue weighted by Gasteiger charge is -2.26. The molecule has 4 aromatic heterocycles. The molecule has 2 aliphatic heterocycles. The third kappa shape index (κ3) is 7.54. The number of amides is 2. The quantitative estimate of drug-likeness (QED) is 0.164. The Labute approximate surface area is 311 Å². The molecule has 0 saturated carbocycles. The van der Waals surface area contributed by atoms with Crippen molar-refractivity contribution in [2.45, 2.75) is 44.8 Å². The SMILES string of the molecule is COc1nc(-c2ccnc(-c3cccc(NC(=O)c4nc5c(n4C)CCN(CCc4cnn(C)c4)C5)c3Cl)c2Cl)ccc1CNC[C@@H]1CCC(=O)N1. The maximum Gasteiger partial charge on any atom is 0.291 e. The summed E-state index contributed by atoms with van der Waals surface area (Å²) in [6.07, 6.45) is 8.67. The van der Waals surface area contributed by atoms with Gasteiger partial charge in [0.05, 0.1) is 46.1 Å². The molecule has 0 radical (unpaired) electrons. The van der Waals surface area contributed by atoms with Crippen LogP contribution < -0.4 is 20.7 Å². The summed E-state index contributed by atoms with van der Waals surface area (Å²) in [5, 5.41) is 14.2. The van der Waals surface area contributed by atoms with E-state index in [-0.39, 0.29) is 17.9 Å². The Bertz CT molecular complexity index is 2130. The van der Waals surface area contributed by atoms with Gasteiger partial charge in [0.15, 0.2) is 5.82 Å². The van der Waals surface area contributed by atoms with E-state index < -0.39 is 0 Å². The molecule has 5 aromatic rings. The van der Waals surface area contributed by atoms with Gasteiger partial charge in [-0.15, -0.1) is 0 Å². The molecule has 1 atom stereocenters. The normalized spacial score (nSPS) is 15.8. The van der Waals surface area contributed by atoms with E-state index in [0.717, 1.165) is 49.3 Å². The van der Waals surface area contributed by atoms with Crippen molar-refractivity contribution in [2.24, 2.45) is 14.1 Å². The highest BCUT2D eigenvalue weighted by Crippen LogP contribution is 2.40. The maximum absolute atomic E-state index is 13.6. The van der Waals surface area contributed by atoms with Gasteiger partial charge in [-0.2, -0.15) is 5.10 Å². The molecule has 2 amide bonds. The smallest absolute Gasteiger partial charge is 0.291 e. The summed E-state index contributed by atoms with van der Waals surface area (Å²) in [6.45, 7) is 3.64. The first-order valence-electron chi connectivity index (χ1n) is 17.2. The topological polar surface area (TPSA) is 144 Å². The molecule has 0 unspecified atom stereocenters. The zero-order valence-electron chi connectivity index (χ0n) is 29.2. The van der Waals surface area contributed by atoms with Crippen LogP contribution in [-0.4, -0.2) is 78.8 Å². The molecular weight excluding hydrogens is 703 g/mol. The molecule has 1 fully saturated rings. The minimum absolute atomic E-state index is 0.0881. The summed E-state index contributed by atoms with van der Waals surface area (Å²) in [5.74, 6) is 0.517. The number of hydrogen-bond donors (Lipinski definition) is 3. The molecule has 52 heavy (non-hydrogen) atoms. The lowest BCUT2D eigenvalue weighted by Crippen LogP contribution is -2.35. The fourth-order valence-corrected chi connectivity index (χ4v) is 7.40. The van der Waals surface area contributed by atoms with Crippen LogP contribution in [0.15, 0.2) is 55.0 Å². The van der Waals surface area contributed by atoms with Crippen LogP contribution in [0.1, 0.15) is 46.0 Å². The van der Waals surface area contributed by atoms with Gasteiger partial charge in [0.2, 0.25) is 11.8 Å². The van der Waals surface area contributed by atoms with Crippen molar-refractivity contribution < 1.29 is 14.3 Å². The molecular formula is C37H40Cl2N10O3. The Hall–Kier alpha value is -4.82. The van der Waals surface area contributed by atoms with E-state index in [1.54, 1.807) is 31.5 Å². The summed E-state index contributed by atoms with van der Waals surface area (Å²) >= 11 is 13.9. The Kier molecular flexibility index (Phi) is 10.6. The van der Waals surface area contributed by atoms with E-state index in [1.807, 2.05) is 53.9 Å². The summed E-state index contributed by atoms with van der Waals surface area (Å²) in [5.41, 5.74) is 6.71. The van der Waals surface area contributed by atoms with Crippen LogP contribution >= 0.6 is 23.2 Å². The molecule has 0 aliphatic carbocycles. The predicted molar refractivity (Wildman–Crippen MR) is 199 cm³/mol. The summed E-state index contributed by atoms with van der Waals surface area (Å²) < 4.78 is 9.32. The minimum atomic E-state index is -0.357. The fourth-order valence-electron chi connectivity index (χ4n) is 6.83. The van der Waals surface area contributed by atoms with Gasteiger partial charge in [-0.3, -0.25) is 24.2 Å². The second-order valence-corrected chi connectivity index (χ2v) is 13.9. The number of fused-ring (bicyclic) bond motifs is 1. The van der Waals surface area contributed by atoms with Gasteiger partial charge in [-0.25, -0.2) is 9.97 Å². The van der Waals surface area contributed by atoms with Crippen molar-refractivity contribution in [3.8, 4) is 28.4 Å². The van der Waals surface area contributed by atoms with E-state index in [4.69, 9.17) is 37.9 Å². The number of aryl methyl sites for hydroxylation is 1. The lowest BCUT2D eigenvalue weighted by molar-refractivity contribution is -0.119. The lowest BCUT2D eigenvalue weighted by atomic mass is 10.1. The monoisotopic (exact) mass is 742 g/mol. The van der Waals surface area contributed by atoms with E-state index >= 15 is 0 Å². The second kappa shape index (κ2) is 15.4. The average Bonchev–Trinajstić information content (AvgIpc) is 3.86. The molecule has 1 saturated heterocycles. The van der Waals surface area contributed by atoms with Crippen molar-refractivity contribution in [3.63, 3.8) is 0 Å². The molecule has 7 rings (SSSR count). The van der Waals surface area contributed by atoms with Crippen molar-refractivity contribution in [1.82, 2.24) is 44.8 Å². The molecule has 1 aromatic carbocycles. The van der Waals surface area contributed by atoms with Gasteiger partial charge in [-0.05, 0) is 36.6 Å². The molecule has 13 nitrogen and oxygen atoms in total. The van der Waals surface area contributed by atoms with Crippen LogP contribution in [0.5, 0.6) is 5.88 Å². The number of carbonyl (C=O) groups is 2. The summed E-state index contributed by atoms with van der Waals surface area (Å²) in [4.78, 5) is 41.6. The van der Waals surface area contributed by atoms with Gasteiger partial charge < -0.3 is 25.3 Å². The number of imidazole rings is 1. The first-order chi connectivity index (χ1) is 25.2. The first kappa shape index (κ1) is 35.6. The van der Waals surface area contributed by atoms with E-state index in [2.05, 4.69) is 30.9 Å². The highest BCUT2D eigenvalue weighted by atomic mass is 35.5. The minimum Gasteiger partial charge on any atom is -0.481 e. The largest absolute Gasteiger partial charge is 0.481 e. The van der Waals surface area contributed by atoms with E-state index in [1.165, 1.54) is 5.56 Å². The summed E-state index contributed by atoms with van der Waals surface area (Å²) in [7, 11) is 5.37. The average molecular weight is 744 g/mol. The number of carbonyl (C=O) groups excluding carboxylic acids is 2. The zero-order valence-corrected chi connectivity index (χ0v) is 30.8. The molecule has 15 heteroatoms. The number of anilines is 1. The first-order valence-corrected chi connectivity index (χ1v) is 18.0. The number of benzene rings is 1. The van der Waals surface area contributed by atoms with Crippen LogP contribution in [0, 0.1) is 0 Å². The highest BCUT2D eigenvalue weighted by molar-refractivity contribution is 6.39. The van der Waals surface area contributed by atoms with Crippen molar-refractivity contribution in [2.75, 3.05) is 32.1 Å². The van der Waals surface area contributed by atoms with Gasteiger partial charge in [-0.1, -0.05) is 41.4 Å². The number of hydrogen-bond acceptors (Lipinski definition) is 9. The number of ether oxygens (including phenoxy) is 1. The van der Waals surface area contributed by atoms with Crippen LogP contribution in [0.3, 0.4) is 0 Å². The van der Waals surface area contributed by atoms with E-state index in [9.17, 15) is 9.59 Å². The Morgan fingerprint density at radius 1 is 1.08 bits per heavy atom. The third-order valence-corrected chi connectivity index (χ3v) is 10.4. The number of pyridine rings is 2. The fraction of sp³-hybridized carbons (Fsp3) is 0.351. The Morgan fingerprint density at radius 3 is 2.71 bits per heavy atom. The summed E-state index contributed by atoms with van der Waals surface area (Å²) in [6, 6.07) is 11.1. The van der Waals surface area contributed by atoms with Crippen LogP contribution in [-0.2, 0) is 44.8 Å². The van der Waals surface area contributed by atoms with Gasteiger partial charge in [0, 0.05) is 100 Å². The molecule has 3 N–H and O–H groups in total. The molecule has 6 heterocycles. The van der Waals surface area contributed by atoms with Gasteiger partial charge in [0.1, 0.15) is 0 Å². The highest BCUT2D eigenvalue weighted by Gasteiger charge is 2.27. The second-order valence-electron chi connectivity index (χ2n) is 13.1. The van der Waals surface area contributed by atoms with Crippen LogP contribution in [0.4, 0.5) is 5.69 Å². The van der Waals surface area contributed by atoms with Gasteiger partial charge >= 0.3 is 0 Å². The molecule has 2 aliphatic rings. The predicted octanol–water partition coefficient (Wildman–Crippen LogP) is 4.81. The maximum atomic E-state index is 13.6. The molecule has 0 spiro atoms. The van der Waals surface area contributed by atoms with E-state index in [0.29, 0.717) is 76.0 Å². The molecule has 270 valence electrons. The number of rotatable bonds is 12. The van der Waals surface area contributed by atoms with Crippen molar-refractivity contribution >= 4 is 40.7 Å². The number of nitrogens with zero attached hydrogens (tertiary/aromatic N) is 7. The Morgan fingerprint density at radius 2 is 1.94 bits per heavy atom. The number of halogens is 2. The molecule has 0 bridgehead atoms. The number of aromatic nitrogens is 6.